The predicted octanol–water partition coefficient (Wildman–Crippen LogP) is 3.31. The molecular formula is C19H21N5O3. The topological polar surface area (TPSA) is 95.0 Å². The summed E-state index contributed by atoms with van der Waals surface area (Å²) in [7, 11) is 1.89. The molecule has 1 N–H and O–H groups in total. The fourth-order valence-corrected chi connectivity index (χ4v) is 2.73. The van der Waals surface area contributed by atoms with Crippen molar-refractivity contribution in [3.05, 3.63) is 64.5 Å². The Morgan fingerprint density at radius 2 is 2.07 bits per heavy atom. The number of nitro benzene ring substituents is 1. The van der Waals surface area contributed by atoms with Gasteiger partial charge in [0.15, 0.2) is 0 Å². The maximum Gasteiger partial charge on any atom is 0.271 e. The van der Waals surface area contributed by atoms with Crippen molar-refractivity contribution in [2.75, 3.05) is 0 Å². The zero-order chi connectivity index (χ0) is 19.6. The van der Waals surface area contributed by atoms with Crippen LogP contribution in [0.25, 0.3) is 17.1 Å². The van der Waals surface area contributed by atoms with Gasteiger partial charge in [-0.3, -0.25) is 14.9 Å². The molecule has 1 atom stereocenters. The van der Waals surface area contributed by atoms with Gasteiger partial charge in [-0.25, -0.2) is 4.68 Å². The first-order valence-corrected chi connectivity index (χ1v) is 8.68. The lowest BCUT2D eigenvalue weighted by Gasteiger charge is -2.12. The smallest absolute Gasteiger partial charge is 0.271 e. The summed E-state index contributed by atoms with van der Waals surface area (Å²) in [5, 5.41) is 18.6. The van der Waals surface area contributed by atoms with Crippen molar-refractivity contribution < 1.29 is 9.72 Å². The number of nitro groups is 1. The van der Waals surface area contributed by atoms with Gasteiger partial charge in [-0.1, -0.05) is 13.0 Å². The molecule has 140 valence electrons. The summed E-state index contributed by atoms with van der Waals surface area (Å²) in [6.45, 7) is 3.91. The van der Waals surface area contributed by atoms with E-state index in [0.29, 0.717) is 17.1 Å². The van der Waals surface area contributed by atoms with Gasteiger partial charge in [-0.15, -0.1) is 0 Å². The molecule has 1 aromatic carbocycles. The van der Waals surface area contributed by atoms with Crippen molar-refractivity contribution in [3.63, 3.8) is 0 Å². The first-order chi connectivity index (χ1) is 12.9. The molecule has 0 spiro atoms. The number of benzene rings is 1. The molecule has 1 amide bonds. The molecule has 27 heavy (non-hydrogen) atoms. The van der Waals surface area contributed by atoms with Crippen LogP contribution in [0, 0.1) is 10.1 Å². The highest BCUT2D eigenvalue weighted by atomic mass is 16.6. The fraction of sp³-hybridized carbons (Fsp3) is 0.263. The highest BCUT2D eigenvalue weighted by Gasteiger charge is 2.20. The molecule has 8 nitrogen and oxygen atoms in total. The molecular weight excluding hydrogens is 346 g/mol. The number of hydrogen-bond donors (Lipinski definition) is 1. The second-order valence-electron chi connectivity index (χ2n) is 6.39. The zero-order valence-electron chi connectivity index (χ0n) is 15.4. The summed E-state index contributed by atoms with van der Waals surface area (Å²) in [5.41, 5.74) is 2.18. The number of rotatable bonds is 6. The molecule has 0 bridgehead atoms. The number of aryl methyl sites for hydroxylation is 1. The van der Waals surface area contributed by atoms with Crippen molar-refractivity contribution in [2.45, 2.75) is 26.3 Å². The zero-order valence-corrected chi connectivity index (χ0v) is 15.4. The van der Waals surface area contributed by atoms with E-state index in [1.54, 1.807) is 18.2 Å². The van der Waals surface area contributed by atoms with Crippen LogP contribution in [0.2, 0.25) is 0 Å². The van der Waals surface area contributed by atoms with Gasteiger partial charge in [-0.2, -0.15) is 5.10 Å². The third-order valence-corrected chi connectivity index (χ3v) is 4.42. The Labute approximate surface area is 156 Å². The van der Waals surface area contributed by atoms with Crippen LogP contribution in [-0.4, -0.2) is 31.2 Å². The van der Waals surface area contributed by atoms with Crippen LogP contribution in [0.3, 0.4) is 0 Å². The van der Waals surface area contributed by atoms with E-state index in [1.165, 1.54) is 16.8 Å². The van der Waals surface area contributed by atoms with E-state index in [0.717, 1.165) is 12.1 Å². The van der Waals surface area contributed by atoms with E-state index in [9.17, 15) is 14.9 Å². The van der Waals surface area contributed by atoms with Crippen molar-refractivity contribution in [1.82, 2.24) is 19.7 Å². The van der Waals surface area contributed by atoms with E-state index in [-0.39, 0.29) is 17.6 Å². The van der Waals surface area contributed by atoms with E-state index >= 15 is 0 Å². The average molecular weight is 367 g/mol. The second kappa shape index (κ2) is 7.45. The largest absolute Gasteiger partial charge is 0.349 e. The molecule has 0 unspecified atom stereocenters. The van der Waals surface area contributed by atoms with Gasteiger partial charge in [0.25, 0.3) is 11.6 Å². The average Bonchev–Trinajstić information content (AvgIpc) is 3.27. The van der Waals surface area contributed by atoms with Crippen molar-refractivity contribution in [3.8, 4) is 17.1 Å². The van der Waals surface area contributed by atoms with Gasteiger partial charge in [0, 0.05) is 31.4 Å². The number of nitrogens with one attached hydrogen (secondary N) is 1. The normalized spacial score (nSPS) is 12.0. The minimum absolute atomic E-state index is 0.00412. The molecule has 8 heteroatoms. The van der Waals surface area contributed by atoms with Gasteiger partial charge in [0.1, 0.15) is 11.4 Å². The Morgan fingerprint density at radius 1 is 1.30 bits per heavy atom. The minimum Gasteiger partial charge on any atom is -0.349 e. The molecule has 3 aromatic rings. The van der Waals surface area contributed by atoms with Crippen LogP contribution in [0.1, 0.15) is 30.8 Å². The standard InChI is InChI=1S/C19H21N5O3/c1-4-13(2)20-19(25)18-12-16(17-9-6-10-22(17)3)21-23(18)14-7-5-8-15(11-14)24(26)27/h5-13H,4H2,1-3H3,(H,20,25)/t13-/m0/s1. The lowest BCUT2D eigenvalue weighted by molar-refractivity contribution is -0.384. The number of hydrogen-bond acceptors (Lipinski definition) is 4. The molecule has 2 heterocycles. The summed E-state index contributed by atoms with van der Waals surface area (Å²) < 4.78 is 3.35. The number of amides is 1. The highest BCUT2D eigenvalue weighted by molar-refractivity contribution is 5.94. The van der Waals surface area contributed by atoms with Crippen LogP contribution in [0.5, 0.6) is 0 Å². The lowest BCUT2D eigenvalue weighted by Crippen LogP contribution is -2.33. The number of aromatic nitrogens is 3. The summed E-state index contributed by atoms with van der Waals surface area (Å²) in [6.07, 6.45) is 2.68. The Balaban J connectivity index is 2.12. The first-order valence-electron chi connectivity index (χ1n) is 8.68. The van der Waals surface area contributed by atoms with Crippen LogP contribution in [0.15, 0.2) is 48.7 Å². The quantitative estimate of drug-likeness (QED) is 0.534. The SMILES string of the molecule is CC[C@H](C)NC(=O)c1cc(-c2cccn2C)nn1-c1cccc([N+](=O)[O-])c1. The van der Waals surface area contributed by atoms with Gasteiger partial charge in [0.05, 0.1) is 16.3 Å². The molecule has 0 fully saturated rings. The molecule has 0 aliphatic heterocycles. The number of non-ortho nitro benzene ring substituents is 1. The summed E-state index contributed by atoms with van der Waals surface area (Å²) in [5.74, 6) is -0.274. The van der Waals surface area contributed by atoms with Crippen molar-refractivity contribution in [2.24, 2.45) is 7.05 Å². The highest BCUT2D eigenvalue weighted by Crippen LogP contribution is 2.24. The summed E-state index contributed by atoms with van der Waals surface area (Å²) in [4.78, 5) is 23.4. The lowest BCUT2D eigenvalue weighted by atomic mass is 10.2. The van der Waals surface area contributed by atoms with Gasteiger partial charge in [-0.05, 0) is 37.6 Å². The minimum atomic E-state index is -0.468. The Kier molecular flexibility index (Phi) is 5.07. The molecule has 0 saturated carbocycles. The van der Waals surface area contributed by atoms with Gasteiger partial charge in [0.2, 0.25) is 0 Å². The van der Waals surface area contributed by atoms with Gasteiger partial charge >= 0.3 is 0 Å². The van der Waals surface area contributed by atoms with Crippen molar-refractivity contribution >= 4 is 11.6 Å². The second-order valence-corrected chi connectivity index (χ2v) is 6.39. The predicted molar refractivity (Wildman–Crippen MR) is 102 cm³/mol. The number of carbonyl (C=O) groups is 1. The molecule has 0 saturated heterocycles. The molecule has 0 aliphatic carbocycles. The number of nitrogens with zero attached hydrogens (tertiary/aromatic N) is 4. The van der Waals surface area contributed by atoms with Crippen LogP contribution >= 0.6 is 0 Å². The molecule has 3 rings (SSSR count). The third-order valence-electron chi connectivity index (χ3n) is 4.42. The maximum absolute atomic E-state index is 12.8. The summed E-state index contributed by atoms with van der Waals surface area (Å²) in [6, 6.07) is 11.6. The molecule has 2 aromatic heterocycles. The van der Waals surface area contributed by atoms with E-state index in [1.807, 2.05) is 43.8 Å². The van der Waals surface area contributed by atoms with Crippen molar-refractivity contribution in [1.29, 1.82) is 0 Å². The van der Waals surface area contributed by atoms with Gasteiger partial charge < -0.3 is 9.88 Å². The van der Waals surface area contributed by atoms with Crippen LogP contribution in [-0.2, 0) is 7.05 Å². The molecule has 0 aliphatic rings. The third kappa shape index (κ3) is 3.74. The number of carbonyl (C=O) groups excluding carboxylic acids is 1. The first kappa shape index (κ1) is 18.4. The monoisotopic (exact) mass is 367 g/mol. The van der Waals surface area contributed by atoms with Crippen LogP contribution < -0.4 is 5.32 Å². The van der Waals surface area contributed by atoms with E-state index in [4.69, 9.17) is 0 Å². The maximum atomic E-state index is 12.8. The van der Waals surface area contributed by atoms with Crippen LogP contribution in [0.4, 0.5) is 5.69 Å². The fourth-order valence-electron chi connectivity index (χ4n) is 2.73. The Hall–Kier alpha value is -3.42. The molecule has 0 radical (unpaired) electrons. The Morgan fingerprint density at radius 3 is 2.70 bits per heavy atom. The Bertz CT molecular complexity index is 989. The summed E-state index contributed by atoms with van der Waals surface area (Å²) >= 11 is 0. The van der Waals surface area contributed by atoms with E-state index < -0.39 is 4.92 Å². The van der Waals surface area contributed by atoms with E-state index in [2.05, 4.69) is 10.4 Å².